The number of hydrogen-bond acceptors (Lipinski definition) is 3. The Morgan fingerprint density at radius 2 is 2.07 bits per heavy atom. The molecule has 1 aromatic rings. The van der Waals surface area contributed by atoms with Crippen molar-refractivity contribution in [3.8, 4) is 0 Å². The van der Waals surface area contributed by atoms with Crippen molar-refractivity contribution >= 4 is 11.5 Å². The van der Waals surface area contributed by atoms with Crippen molar-refractivity contribution in [1.29, 1.82) is 0 Å². The average Bonchev–Trinajstić information content (AvgIpc) is 2.17. The highest BCUT2D eigenvalue weighted by Crippen LogP contribution is 2.20. The van der Waals surface area contributed by atoms with Gasteiger partial charge in [0.2, 0.25) is 0 Å². The van der Waals surface area contributed by atoms with E-state index in [1.807, 2.05) is 44.1 Å². The normalized spacial score (nSPS) is 10.1. The fraction of sp³-hybridized carbons (Fsp3) is 0.417. The zero-order valence-electron chi connectivity index (χ0n) is 9.79. The van der Waals surface area contributed by atoms with E-state index in [1.54, 1.807) is 7.05 Å². The highest BCUT2D eigenvalue weighted by Gasteiger charge is 2.11. The quantitative estimate of drug-likeness (QED) is 0.757. The maximum atomic E-state index is 11.8. The van der Waals surface area contributed by atoms with Gasteiger partial charge in [0.05, 0.1) is 6.54 Å². The van der Waals surface area contributed by atoms with Gasteiger partial charge in [-0.3, -0.25) is 4.79 Å². The first-order valence-electron chi connectivity index (χ1n) is 5.02. The molecule has 1 N–H and O–H groups in total. The summed E-state index contributed by atoms with van der Waals surface area (Å²) in [7, 11) is 5.67. The summed E-state index contributed by atoms with van der Waals surface area (Å²) in [5.74, 6) is 0.130. The average molecular weight is 206 g/mol. The lowest BCUT2D eigenvalue weighted by Gasteiger charge is -2.17. The second-order valence-electron chi connectivity index (χ2n) is 3.87. The first-order chi connectivity index (χ1) is 7.06. The number of anilines is 1. The lowest BCUT2D eigenvalue weighted by molar-refractivity contribution is 0.0994. The number of nitrogens with zero attached hydrogens (tertiary/aromatic N) is 1. The summed E-state index contributed by atoms with van der Waals surface area (Å²) in [6.45, 7) is 2.37. The molecule has 0 fully saturated rings. The number of nitrogens with one attached hydrogen (secondary N) is 1. The Bertz CT molecular complexity index is 359. The van der Waals surface area contributed by atoms with Gasteiger partial charge in [-0.25, -0.2) is 0 Å². The van der Waals surface area contributed by atoms with Crippen molar-refractivity contribution in [1.82, 2.24) is 5.32 Å². The van der Waals surface area contributed by atoms with E-state index in [9.17, 15) is 4.79 Å². The first-order valence-corrected chi connectivity index (χ1v) is 5.02. The fourth-order valence-electron chi connectivity index (χ4n) is 1.52. The van der Waals surface area contributed by atoms with Gasteiger partial charge in [0.1, 0.15) is 0 Å². The summed E-state index contributed by atoms with van der Waals surface area (Å²) in [6.07, 6.45) is 0. The van der Waals surface area contributed by atoms with E-state index in [2.05, 4.69) is 5.32 Å². The molecule has 0 heterocycles. The summed E-state index contributed by atoms with van der Waals surface area (Å²) in [5, 5.41) is 2.88. The molecule has 3 heteroatoms. The van der Waals surface area contributed by atoms with Gasteiger partial charge in [0.15, 0.2) is 5.78 Å². The third kappa shape index (κ3) is 2.80. The molecule has 0 aliphatic rings. The molecule has 1 aromatic carbocycles. The molecule has 82 valence electrons. The third-order valence-electron chi connectivity index (χ3n) is 2.27. The van der Waals surface area contributed by atoms with Crippen molar-refractivity contribution in [2.75, 3.05) is 32.6 Å². The van der Waals surface area contributed by atoms with Crippen LogP contribution in [0.25, 0.3) is 0 Å². The van der Waals surface area contributed by atoms with Crippen LogP contribution in [0.4, 0.5) is 5.69 Å². The molecule has 0 radical (unpaired) electrons. The van der Waals surface area contributed by atoms with Crippen molar-refractivity contribution in [3.05, 3.63) is 29.3 Å². The monoisotopic (exact) mass is 206 g/mol. The molecule has 0 amide bonds. The van der Waals surface area contributed by atoms with Crippen LogP contribution in [0.5, 0.6) is 0 Å². The molecule has 0 atom stereocenters. The molecule has 1 rings (SSSR count). The second-order valence-corrected chi connectivity index (χ2v) is 3.87. The minimum atomic E-state index is 0.130. The largest absolute Gasteiger partial charge is 0.377 e. The number of rotatable bonds is 4. The summed E-state index contributed by atoms with van der Waals surface area (Å²) >= 11 is 0. The number of likely N-dealkylation sites (N-methyl/N-ethyl adjacent to an activating group) is 1. The molecule has 3 nitrogen and oxygen atoms in total. The molecule has 0 unspecified atom stereocenters. The number of aryl methyl sites for hydroxylation is 1. The van der Waals surface area contributed by atoms with Gasteiger partial charge in [-0.15, -0.1) is 0 Å². The summed E-state index contributed by atoms with van der Waals surface area (Å²) < 4.78 is 0. The number of carbonyl (C=O) groups is 1. The van der Waals surface area contributed by atoms with E-state index in [0.29, 0.717) is 6.54 Å². The van der Waals surface area contributed by atoms with Gasteiger partial charge >= 0.3 is 0 Å². The predicted molar refractivity (Wildman–Crippen MR) is 63.8 cm³/mol. The van der Waals surface area contributed by atoms with E-state index in [0.717, 1.165) is 16.8 Å². The number of hydrogen-bond donors (Lipinski definition) is 1. The van der Waals surface area contributed by atoms with Crippen LogP contribution in [0.15, 0.2) is 18.2 Å². The van der Waals surface area contributed by atoms with Gasteiger partial charge in [0, 0.05) is 25.3 Å². The standard InChI is InChI=1S/C12H18N2O/c1-9-5-6-11(14(3)4)10(7-9)12(15)8-13-2/h5-7,13H,8H2,1-4H3. The number of carbonyl (C=O) groups excluding carboxylic acids is 1. The van der Waals surface area contributed by atoms with E-state index in [1.165, 1.54) is 0 Å². The van der Waals surface area contributed by atoms with Crippen LogP contribution >= 0.6 is 0 Å². The Morgan fingerprint density at radius 3 is 2.60 bits per heavy atom. The molecule has 0 saturated heterocycles. The van der Waals surface area contributed by atoms with Gasteiger partial charge in [0.25, 0.3) is 0 Å². The van der Waals surface area contributed by atoms with Crippen LogP contribution in [0.1, 0.15) is 15.9 Å². The predicted octanol–water partition coefficient (Wildman–Crippen LogP) is 1.46. The Morgan fingerprint density at radius 1 is 1.40 bits per heavy atom. The van der Waals surface area contributed by atoms with Crippen molar-refractivity contribution in [2.45, 2.75) is 6.92 Å². The van der Waals surface area contributed by atoms with Crippen molar-refractivity contribution < 1.29 is 4.79 Å². The van der Waals surface area contributed by atoms with Gasteiger partial charge in [-0.1, -0.05) is 11.6 Å². The Kier molecular flexibility index (Phi) is 3.86. The summed E-state index contributed by atoms with van der Waals surface area (Å²) in [5.41, 5.74) is 2.87. The molecule has 0 spiro atoms. The van der Waals surface area contributed by atoms with Crippen LogP contribution in [0.3, 0.4) is 0 Å². The molecule has 15 heavy (non-hydrogen) atoms. The fourth-order valence-corrected chi connectivity index (χ4v) is 1.52. The van der Waals surface area contributed by atoms with Gasteiger partial charge < -0.3 is 10.2 Å². The third-order valence-corrected chi connectivity index (χ3v) is 2.27. The van der Waals surface area contributed by atoms with E-state index in [4.69, 9.17) is 0 Å². The lowest BCUT2D eigenvalue weighted by Crippen LogP contribution is -2.21. The minimum Gasteiger partial charge on any atom is -0.377 e. The number of ketones is 1. The zero-order chi connectivity index (χ0) is 11.4. The van der Waals surface area contributed by atoms with Crippen molar-refractivity contribution in [3.63, 3.8) is 0 Å². The smallest absolute Gasteiger partial charge is 0.178 e. The molecule has 0 saturated carbocycles. The van der Waals surface area contributed by atoms with Crippen LogP contribution < -0.4 is 10.2 Å². The SMILES string of the molecule is CNCC(=O)c1cc(C)ccc1N(C)C. The second kappa shape index (κ2) is 4.94. The molecular formula is C12H18N2O. The number of Topliss-reactive ketones (excluding diaryl/α,β-unsaturated/α-hetero) is 1. The molecule has 0 bridgehead atoms. The van der Waals surface area contributed by atoms with Crippen LogP contribution in [-0.4, -0.2) is 33.5 Å². The highest BCUT2D eigenvalue weighted by molar-refractivity contribution is 6.02. The maximum absolute atomic E-state index is 11.8. The number of benzene rings is 1. The Balaban J connectivity index is 3.12. The van der Waals surface area contributed by atoms with Gasteiger partial charge in [-0.2, -0.15) is 0 Å². The molecular weight excluding hydrogens is 188 g/mol. The first kappa shape index (κ1) is 11.7. The minimum absolute atomic E-state index is 0.130. The Labute approximate surface area is 91.1 Å². The zero-order valence-corrected chi connectivity index (χ0v) is 9.79. The topological polar surface area (TPSA) is 32.3 Å². The van der Waals surface area contributed by atoms with Crippen molar-refractivity contribution in [2.24, 2.45) is 0 Å². The van der Waals surface area contributed by atoms with E-state index < -0.39 is 0 Å². The summed E-state index contributed by atoms with van der Waals surface area (Å²) in [4.78, 5) is 13.8. The van der Waals surface area contributed by atoms with E-state index in [-0.39, 0.29) is 5.78 Å². The highest BCUT2D eigenvalue weighted by atomic mass is 16.1. The Hall–Kier alpha value is -1.35. The van der Waals surface area contributed by atoms with Crippen LogP contribution in [-0.2, 0) is 0 Å². The van der Waals surface area contributed by atoms with Gasteiger partial charge in [-0.05, 0) is 26.1 Å². The molecule has 0 aliphatic carbocycles. The molecule has 0 aromatic heterocycles. The van der Waals surface area contributed by atoms with Crippen LogP contribution in [0.2, 0.25) is 0 Å². The summed E-state index contributed by atoms with van der Waals surface area (Å²) in [6, 6.07) is 5.94. The van der Waals surface area contributed by atoms with E-state index >= 15 is 0 Å². The lowest BCUT2D eigenvalue weighted by atomic mass is 10.0. The maximum Gasteiger partial charge on any atom is 0.178 e. The molecule has 0 aliphatic heterocycles. The van der Waals surface area contributed by atoms with Crippen LogP contribution in [0, 0.1) is 6.92 Å².